The van der Waals surface area contributed by atoms with Crippen LogP contribution in [-0.2, 0) is 20.8 Å². The summed E-state index contributed by atoms with van der Waals surface area (Å²) in [4.78, 5) is 36.3. The van der Waals surface area contributed by atoms with E-state index in [1.165, 1.54) is 4.90 Å². The molecule has 0 aliphatic heterocycles. The van der Waals surface area contributed by atoms with Gasteiger partial charge in [-0.15, -0.1) is 0 Å². The Balaban J connectivity index is 2.54. The van der Waals surface area contributed by atoms with E-state index in [4.69, 9.17) is 11.5 Å². The third-order valence-electron chi connectivity index (χ3n) is 2.94. The number of nitrogens with one attached hydrogen (secondary N) is 1. The third kappa shape index (κ3) is 7.96. The molecule has 0 heterocycles. The average molecular weight is 320 g/mol. The van der Waals surface area contributed by atoms with Gasteiger partial charge in [0, 0.05) is 12.1 Å². The van der Waals surface area contributed by atoms with Gasteiger partial charge in [-0.05, 0) is 19.4 Å². The van der Waals surface area contributed by atoms with Crippen molar-refractivity contribution in [1.82, 2.24) is 10.2 Å². The first-order chi connectivity index (χ1) is 10.7. The Morgan fingerprint density at radius 3 is 2.30 bits per heavy atom. The number of hydrogen-bond acceptors (Lipinski definition) is 4. The molecule has 0 spiro atoms. The van der Waals surface area contributed by atoms with Crippen molar-refractivity contribution in [2.75, 3.05) is 19.6 Å². The van der Waals surface area contributed by atoms with Gasteiger partial charge in [-0.1, -0.05) is 30.3 Å². The summed E-state index contributed by atoms with van der Waals surface area (Å²) >= 11 is 0. The highest BCUT2D eigenvalue weighted by molar-refractivity contribution is 5.88. The Morgan fingerprint density at radius 1 is 1.17 bits per heavy atom. The van der Waals surface area contributed by atoms with Crippen LogP contribution in [0.3, 0.4) is 0 Å². The van der Waals surface area contributed by atoms with Crippen molar-refractivity contribution in [3.8, 4) is 0 Å². The lowest BCUT2D eigenvalue weighted by Crippen LogP contribution is -2.52. The molecule has 0 unspecified atom stereocenters. The quantitative estimate of drug-likeness (QED) is 0.592. The van der Waals surface area contributed by atoms with Gasteiger partial charge >= 0.3 is 0 Å². The lowest BCUT2D eigenvalue weighted by molar-refractivity contribution is -0.136. The van der Waals surface area contributed by atoms with Crippen molar-refractivity contribution in [3.05, 3.63) is 35.9 Å². The first-order valence-electron chi connectivity index (χ1n) is 7.33. The number of amides is 3. The Morgan fingerprint density at radius 2 is 1.78 bits per heavy atom. The summed E-state index contributed by atoms with van der Waals surface area (Å²) in [7, 11) is 0. The van der Waals surface area contributed by atoms with Gasteiger partial charge in [0.2, 0.25) is 17.7 Å². The van der Waals surface area contributed by atoms with Gasteiger partial charge in [-0.2, -0.15) is 0 Å². The molecule has 1 aromatic rings. The minimum absolute atomic E-state index is 0.170. The van der Waals surface area contributed by atoms with Crippen molar-refractivity contribution in [2.45, 2.75) is 25.8 Å². The fourth-order valence-electron chi connectivity index (χ4n) is 2.04. The number of benzene rings is 1. The molecule has 7 heteroatoms. The summed E-state index contributed by atoms with van der Waals surface area (Å²) in [6, 6.07) is 9.20. The summed E-state index contributed by atoms with van der Waals surface area (Å²) in [6.45, 7) is 3.22. The maximum Gasteiger partial charge on any atom is 0.242 e. The normalized spacial score (nSPS) is 10.9. The van der Waals surface area contributed by atoms with E-state index in [0.29, 0.717) is 0 Å². The zero-order valence-corrected chi connectivity index (χ0v) is 13.5. The van der Waals surface area contributed by atoms with Crippen LogP contribution in [0.5, 0.6) is 0 Å². The van der Waals surface area contributed by atoms with Crippen LogP contribution in [0.1, 0.15) is 19.4 Å². The van der Waals surface area contributed by atoms with Crippen molar-refractivity contribution in [2.24, 2.45) is 11.5 Å². The van der Waals surface area contributed by atoms with Gasteiger partial charge in [-0.25, -0.2) is 0 Å². The summed E-state index contributed by atoms with van der Waals surface area (Å²) in [5.74, 6) is -1.29. The molecule has 0 atom stereocenters. The van der Waals surface area contributed by atoms with Gasteiger partial charge in [0.1, 0.15) is 0 Å². The smallest absolute Gasteiger partial charge is 0.242 e. The van der Waals surface area contributed by atoms with Crippen LogP contribution in [0.25, 0.3) is 0 Å². The molecule has 3 amide bonds. The van der Waals surface area contributed by atoms with Crippen LogP contribution in [-0.4, -0.2) is 47.8 Å². The van der Waals surface area contributed by atoms with Crippen LogP contribution in [0.2, 0.25) is 0 Å². The largest absolute Gasteiger partial charge is 0.368 e. The number of hydrogen-bond donors (Lipinski definition) is 3. The molecular weight excluding hydrogens is 296 g/mol. The zero-order valence-electron chi connectivity index (χ0n) is 13.5. The summed E-state index contributed by atoms with van der Waals surface area (Å²) in [6.07, 6.45) is 0.187. The lowest BCUT2D eigenvalue weighted by Gasteiger charge is -2.29. The van der Waals surface area contributed by atoms with E-state index < -0.39 is 17.4 Å². The number of rotatable bonds is 8. The topological polar surface area (TPSA) is 119 Å². The Kier molecular flexibility index (Phi) is 6.71. The van der Waals surface area contributed by atoms with E-state index in [0.717, 1.165) is 5.56 Å². The number of primary amides is 1. The SMILES string of the molecule is CC(C)(N)CN(CC(N)=O)C(=O)CNC(=O)Cc1ccccc1. The van der Waals surface area contributed by atoms with E-state index in [-0.39, 0.29) is 32.0 Å². The highest BCUT2D eigenvalue weighted by atomic mass is 16.2. The molecule has 5 N–H and O–H groups in total. The molecule has 0 aliphatic carbocycles. The molecule has 1 aromatic carbocycles. The summed E-state index contributed by atoms with van der Waals surface area (Å²) in [5, 5.41) is 2.55. The van der Waals surface area contributed by atoms with Crippen LogP contribution in [0, 0.1) is 0 Å². The van der Waals surface area contributed by atoms with E-state index in [2.05, 4.69) is 5.32 Å². The second kappa shape index (κ2) is 8.28. The average Bonchev–Trinajstić information content (AvgIpc) is 2.43. The molecule has 0 radical (unpaired) electrons. The molecule has 0 bridgehead atoms. The van der Waals surface area contributed by atoms with Crippen molar-refractivity contribution in [3.63, 3.8) is 0 Å². The number of carbonyl (C=O) groups is 3. The van der Waals surface area contributed by atoms with Crippen LogP contribution < -0.4 is 16.8 Å². The maximum atomic E-state index is 12.2. The lowest BCUT2D eigenvalue weighted by atomic mass is 10.1. The Labute approximate surface area is 136 Å². The van der Waals surface area contributed by atoms with Crippen molar-refractivity contribution in [1.29, 1.82) is 0 Å². The predicted molar refractivity (Wildman–Crippen MR) is 87.2 cm³/mol. The molecular formula is C16H24N4O3. The highest BCUT2D eigenvalue weighted by Crippen LogP contribution is 2.02. The molecule has 0 fully saturated rings. The molecule has 126 valence electrons. The monoisotopic (exact) mass is 320 g/mol. The molecule has 0 saturated heterocycles. The minimum Gasteiger partial charge on any atom is -0.368 e. The van der Waals surface area contributed by atoms with Crippen molar-refractivity contribution < 1.29 is 14.4 Å². The molecule has 7 nitrogen and oxygen atoms in total. The summed E-state index contributed by atoms with van der Waals surface area (Å²) in [5.41, 5.74) is 11.2. The van der Waals surface area contributed by atoms with Gasteiger partial charge in [0.15, 0.2) is 0 Å². The van der Waals surface area contributed by atoms with Crippen LogP contribution in [0.4, 0.5) is 0 Å². The number of carbonyl (C=O) groups excluding carboxylic acids is 3. The molecule has 23 heavy (non-hydrogen) atoms. The van der Waals surface area contributed by atoms with Gasteiger partial charge in [0.25, 0.3) is 0 Å². The highest BCUT2D eigenvalue weighted by Gasteiger charge is 2.23. The second-order valence-corrected chi connectivity index (χ2v) is 6.14. The number of nitrogens with zero attached hydrogens (tertiary/aromatic N) is 1. The molecule has 0 aliphatic rings. The van der Waals surface area contributed by atoms with Gasteiger partial charge < -0.3 is 21.7 Å². The van der Waals surface area contributed by atoms with Gasteiger partial charge in [0.05, 0.1) is 19.5 Å². The molecule has 0 aromatic heterocycles. The van der Waals surface area contributed by atoms with E-state index in [1.807, 2.05) is 30.3 Å². The Bertz CT molecular complexity index is 552. The standard InChI is InChI=1S/C16H24N4O3/c1-16(2,18)11-20(10-13(17)21)15(23)9-19-14(22)8-12-6-4-3-5-7-12/h3-7H,8-11,18H2,1-2H3,(H2,17,21)(H,19,22). The fraction of sp³-hybridized carbons (Fsp3) is 0.438. The summed E-state index contributed by atoms with van der Waals surface area (Å²) < 4.78 is 0. The second-order valence-electron chi connectivity index (χ2n) is 6.14. The fourth-order valence-corrected chi connectivity index (χ4v) is 2.04. The third-order valence-corrected chi connectivity index (χ3v) is 2.94. The Hall–Kier alpha value is -2.41. The molecule has 0 saturated carbocycles. The first kappa shape index (κ1) is 18.6. The number of nitrogens with two attached hydrogens (primary N) is 2. The van der Waals surface area contributed by atoms with Crippen LogP contribution in [0.15, 0.2) is 30.3 Å². The van der Waals surface area contributed by atoms with E-state index >= 15 is 0 Å². The predicted octanol–water partition coefficient (Wildman–Crippen LogP) is -0.603. The van der Waals surface area contributed by atoms with Crippen LogP contribution >= 0.6 is 0 Å². The first-order valence-corrected chi connectivity index (χ1v) is 7.33. The van der Waals surface area contributed by atoms with Crippen molar-refractivity contribution >= 4 is 17.7 Å². The van der Waals surface area contributed by atoms with E-state index in [1.54, 1.807) is 13.8 Å². The zero-order chi connectivity index (χ0) is 17.5. The van der Waals surface area contributed by atoms with Gasteiger partial charge in [-0.3, -0.25) is 14.4 Å². The maximum absolute atomic E-state index is 12.2. The van der Waals surface area contributed by atoms with E-state index in [9.17, 15) is 14.4 Å². The molecule has 1 rings (SSSR count). The minimum atomic E-state index is -0.668.